The molecule has 0 unspecified atom stereocenters. The molecular weight excluding hydrogens is 303 g/mol. The average Bonchev–Trinajstić information content (AvgIpc) is 2.45. The predicted octanol–water partition coefficient (Wildman–Crippen LogP) is 5.07. The van der Waals surface area contributed by atoms with Gasteiger partial charge in [0.05, 0.1) is 28.7 Å². The van der Waals surface area contributed by atoms with Gasteiger partial charge < -0.3 is 4.74 Å². The molecule has 2 nitrogen and oxygen atoms in total. The number of halogens is 4. The average molecular weight is 312 g/mol. The van der Waals surface area contributed by atoms with Crippen LogP contribution in [0.25, 0.3) is 21.8 Å². The fraction of sp³-hybridized carbons (Fsp3) is 0.133. The zero-order valence-electron chi connectivity index (χ0n) is 10.8. The Bertz CT molecular complexity index is 846. The zero-order chi connectivity index (χ0) is 15.2. The number of ether oxygens (including phenoxy) is 1. The normalized spacial score (nSPS) is 12.0. The monoisotopic (exact) mass is 311 g/mol. The molecule has 0 bridgehead atoms. The molecule has 0 aliphatic heterocycles. The molecule has 0 atom stereocenters. The van der Waals surface area contributed by atoms with Crippen LogP contribution in [0.2, 0.25) is 5.02 Å². The van der Waals surface area contributed by atoms with Crippen LogP contribution in [0.5, 0.6) is 5.75 Å². The van der Waals surface area contributed by atoms with Crippen molar-refractivity contribution in [3.63, 3.8) is 0 Å². The standard InChI is InChI=1S/C15H9ClF3NO/c1-21-9-3-4-10-13(7-9)20-12-5-2-8(15(17,18)19)6-11(12)14(10)16/h2-7H,1H3. The molecule has 2 aromatic carbocycles. The van der Waals surface area contributed by atoms with E-state index in [4.69, 9.17) is 16.3 Å². The molecule has 108 valence electrons. The summed E-state index contributed by atoms with van der Waals surface area (Å²) < 4.78 is 43.4. The molecule has 0 saturated heterocycles. The molecule has 0 radical (unpaired) electrons. The summed E-state index contributed by atoms with van der Waals surface area (Å²) in [6.07, 6.45) is -4.41. The molecular formula is C15H9ClF3NO. The smallest absolute Gasteiger partial charge is 0.416 e. The molecule has 6 heteroatoms. The maximum atomic E-state index is 12.8. The van der Waals surface area contributed by atoms with Crippen molar-refractivity contribution in [2.45, 2.75) is 6.18 Å². The second-order valence-corrected chi connectivity index (χ2v) is 4.92. The Labute approximate surface area is 123 Å². The topological polar surface area (TPSA) is 22.1 Å². The molecule has 1 aromatic heterocycles. The molecule has 3 rings (SSSR count). The van der Waals surface area contributed by atoms with E-state index in [-0.39, 0.29) is 10.4 Å². The second-order valence-electron chi connectivity index (χ2n) is 4.54. The third kappa shape index (κ3) is 2.38. The number of hydrogen-bond acceptors (Lipinski definition) is 2. The number of fused-ring (bicyclic) bond motifs is 2. The Morgan fingerprint density at radius 3 is 2.43 bits per heavy atom. The lowest BCUT2D eigenvalue weighted by atomic mass is 10.1. The number of alkyl halides is 3. The first-order valence-corrected chi connectivity index (χ1v) is 6.42. The lowest BCUT2D eigenvalue weighted by Crippen LogP contribution is -2.04. The van der Waals surface area contributed by atoms with Crippen molar-refractivity contribution in [1.82, 2.24) is 4.98 Å². The maximum Gasteiger partial charge on any atom is 0.416 e. The summed E-state index contributed by atoms with van der Waals surface area (Å²) in [5, 5.41) is 1.12. The number of hydrogen-bond donors (Lipinski definition) is 0. The molecule has 0 amide bonds. The minimum Gasteiger partial charge on any atom is -0.497 e. The van der Waals surface area contributed by atoms with E-state index in [0.717, 1.165) is 12.1 Å². The maximum absolute atomic E-state index is 12.8. The van der Waals surface area contributed by atoms with E-state index in [1.54, 1.807) is 18.2 Å². The van der Waals surface area contributed by atoms with Crippen LogP contribution in [-0.2, 0) is 6.18 Å². The number of benzene rings is 2. The molecule has 0 spiro atoms. The van der Waals surface area contributed by atoms with Crippen LogP contribution < -0.4 is 4.74 Å². The quantitative estimate of drug-likeness (QED) is 0.585. The summed E-state index contributed by atoms with van der Waals surface area (Å²) in [5.41, 5.74) is 0.243. The van der Waals surface area contributed by atoms with Crippen molar-refractivity contribution < 1.29 is 17.9 Å². The Balaban J connectivity index is 2.34. The highest BCUT2D eigenvalue weighted by molar-refractivity contribution is 6.40. The van der Waals surface area contributed by atoms with Crippen LogP contribution in [0, 0.1) is 0 Å². The number of aromatic nitrogens is 1. The predicted molar refractivity (Wildman–Crippen MR) is 75.8 cm³/mol. The lowest BCUT2D eigenvalue weighted by Gasteiger charge is -2.10. The van der Waals surface area contributed by atoms with E-state index in [9.17, 15) is 13.2 Å². The van der Waals surface area contributed by atoms with Gasteiger partial charge in [0.2, 0.25) is 0 Å². The van der Waals surface area contributed by atoms with Gasteiger partial charge in [-0.05, 0) is 30.3 Å². The van der Waals surface area contributed by atoms with Gasteiger partial charge in [0, 0.05) is 16.8 Å². The van der Waals surface area contributed by atoms with Gasteiger partial charge in [-0.3, -0.25) is 0 Å². The van der Waals surface area contributed by atoms with Crippen LogP contribution in [0.4, 0.5) is 13.2 Å². The van der Waals surface area contributed by atoms with E-state index >= 15 is 0 Å². The zero-order valence-corrected chi connectivity index (χ0v) is 11.6. The summed E-state index contributed by atoms with van der Waals surface area (Å²) >= 11 is 6.24. The molecule has 0 aliphatic rings. The minimum atomic E-state index is -4.41. The molecule has 21 heavy (non-hydrogen) atoms. The first kappa shape index (κ1) is 13.9. The summed E-state index contributed by atoms with van der Waals surface area (Å²) in [7, 11) is 1.53. The minimum absolute atomic E-state index is 0.253. The summed E-state index contributed by atoms with van der Waals surface area (Å²) in [6, 6.07) is 8.41. The van der Waals surface area contributed by atoms with Crippen molar-refractivity contribution in [3.8, 4) is 5.75 Å². The Hall–Kier alpha value is -2.01. The fourth-order valence-corrected chi connectivity index (χ4v) is 2.49. The Morgan fingerprint density at radius 2 is 1.76 bits per heavy atom. The first-order chi connectivity index (χ1) is 9.90. The van der Waals surface area contributed by atoms with Crippen molar-refractivity contribution in [1.29, 1.82) is 0 Å². The highest BCUT2D eigenvalue weighted by Gasteiger charge is 2.30. The molecule has 0 saturated carbocycles. The van der Waals surface area contributed by atoms with Crippen LogP contribution >= 0.6 is 11.6 Å². The number of pyridine rings is 1. The van der Waals surface area contributed by atoms with Gasteiger partial charge in [0.25, 0.3) is 0 Å². The van der Waals surface area contributed by atoms with Crippen molar-refractivity contribution in [2.24, 2.45) is 0 Å². The SMILES string of the molecule is COc1ccc2c(Cl)c3cc(C(F)(F)F)ccc3nc2c1. The largest absolute Gasteiger partial charge is 0.497 e. The van der Waals surface area contributed by atoms with Gasteiger partial charge in [0.15, 0.2) is 0 Å². The fourth-order valence-electron chi connectivity index (χ4n) is 2.18. The van der Waals surface area contributed by atoms with Crippen LogP contribution in [0.3, 0.4) is 0 Å². The van der Waals surface area contributed by atoms with Gasteiger partial charge in [-0.25, -0.2) is 4.98 Å². The Kier molecular flexibility index (Phi) is 3.17. The summed E-state index contributed by atoms with van der Waals surface area (Å²) in [6.45, 7) is 0. The summed E-state index contributed by atoms with van der Waals surface area (Å²) in [5.74, 6) is 0.609. The van der Waals surface area contributed by atoms with Crippen LogP contribution in [0.15, 0.2) is 36.4 Å². The van der Waals surface area contributed by atoms with Crippen molar-refractivity contribution >= 4 is 33.4 Å². The molecule has 0 N–H and O–H groups in total. The van der Waals surface area contributed by atoms with Gasteiger partial charge >= 0.3 is 6.18 Å². The van der Waals surface area contributed by atoms with Gasteiger partial charge in [-0.15, -0.1) is 0 Å². The molecule has 0 fully saturated rings. The molecule has 3 aromatic rings. The molecule has 0 aliphatic carbocycles. The van der Waals surface area contributed by atoms with E-state index in [1.165, 1.54) is 13.2 Å². The van der Waals surface area contributed by atoms with E-state index in [0.29, 0.717) is 22.2 Å². The van der Waals surface area contributed by atoms with E-state index in [1.807, 2.05) is 0 Å². The Morgan fingerprint density at radius 1 is 1.00 bits per heavy atom. The number of rotatable bonds is 1. The number of nitrogens with zero attached hydrogens (tertiary/aromatic N) is 1. The number of methoxy groups -OCH3 is 1. The highest BCUT2D eigenvalue weighted by atomic mass is 35.5. The first-order valence-electron chi connectivity index (χ1n) is 6.04. The van der Waals surface area contributed by atoms with Crippen molar-refractivity contribution in [3.05, 3.63) is 47.0 Å². The van der Waals surface area contributed by atoms with Gasteiger partial charge in [-0.1, -0.05) is 11.6 Å². The third-order valence-corrected chi connectivity index (χ3v) is 3.65. The van der Waals surface area contributed by atoms with Gasteiger partial charge in [0.1, 0.15) is 5.75 Å². The lowest BCUT2D eigenvalue weighted by molar-refractivity contribution is -0.137. The van der Waals surface area contributed by atoms with Gasteiger partial charge in [-0.2, -0.15) is 13.2 Å². The molecule has 1 heterocycles. The second kappa shape index (κ2) is 4.77. The van der Waals surface area contributed by atoms with Crippen LogP contribution in [-0.4, -0.2) is 12.1 Å². The van der Waals surface area contributed by atoms with E-state index < -0.39 is 11.7 Å². The van der Waals surface area contributed by atoms with Crippen LogP contribution in [0.1, 0.15) is 5.56 Å². The third-order valence-electron chi connectivity index (χ3n) is 3.24. The van der Waals surface area contributed by atoms with E-state index in [2.05, 4.69) is 4.98 Å². The van der Waals surface area contributed by atoms with Crippen molar-refractivity contribution in [2.75, 3.05) is 7.11 Å². The summed E-state index contributed by atoms with van der Waals surface area (Å²) in [4.78, 5) is 4.34. The highest BCUT2D eigenvalue weighted by Crippen LogP contribution is 2.36.